The molecule has 0 saturated carbocycles. The van der Waals surface area contributed by atoms with Gasteiger partial charge in [0.15, 0.2) is 0 Å². The molecule has 6 nitrogen and oxygen atoms in total. The highest BCUT2D eigenvalue weighted by atomic mass is 16.5. The van der Waals surface area contributed by atoms with Crippen LogP contribution in [0, 0.1) is 11.8 Å². The van der Waals surface area contributed by atoms with Gasteiger partial charge in [-0.1, -0.05) is 27.7 Å². The number of carbonyl (C=O) groups excluding carboxylic acids is 2. The van der Waals surface area contributed by atoms with Crippen molar-refractivity contribution in [2.24, 2.45) is 11.8 Å². The first-order chi connectivity index (χ1) is 15.8. The molecule has 0 aliphatic heterocycles. The number of hydrogen-bond acceptors (Lipinski definition) is 4. The van der Waals surface area contributed by atoms with E-state index in [1.165, 1.54) is 0 Å². The van der Waals surface area contributed by atoms with Gasteiger partial charge in [0, 0.05) is 24.2 Å². The van der Waals surface area contributed by atoms with E-state index in [9.17, 15) is 9.59 Å². The Morgan fingerprint density at radius 3 is 1.36 bits per heavy atom. The van der Waals surface area contributed by atoms with Crippen molar-refractivity contribution in [3.05, 3.63) is 48.5 Å². The first-order valence-corrected chi connectivity index (χ1v) is 11.9. The number of rotatable bonds is 14. The lowest BCUT2D eigenvalue weighted by Gasteiger charge is -2.10. The van der Waals surface area contributed by atoms with Crippen LogP contribution in [0.15, 0.2) is 48.5 Å². The molecule has 0 bridgehead atoms. The quantitative estimate of drug-likeness (QED) is 0.352. The Labute approximate surface area is 198 Å². The van der Waals surface area contributed by atoms with Crippen LogP contribution in [0.4, 0.5) is 11.4 Å². The zero-order valence-corrected chi connectivity index (χ0v) is 20.4. The van der Waals surface area contributed by atoms with E-state index in [0.29, 0.717) is 31.5 Å². The monoisotopic (exact) mass is 454 g/mol. The van der Waals surface area contributed by atoms with E-state index in [0.717, 1.165) is 35.7 Å². The Kier molecular flexibility index (Phi) is 11.3. The van der Waals surface area contributed by atoms with Crippen LogP contribution in [0.2, 0.25) is 0 Å². The van der Waals surface area contributed by atoms with Crippen molar-refractivity contribution in [3.63, 3.8) is 0 Å². The third-order valence-corrected chi connectivity index (χ3v) is 5.01. The molecule has 0 aliphatic carbocycles. The second kappa shape index (κ2) is 14.2. The molecule has 0 heterocycles. The summed E-state index contributed by atoms with van der Waals surface area (Å²) >= 11 is 0. The van der Waals surface area contributed by atoms with Gasteiger partial charge in [-0.15, -0.1) is 0 Å². The number of amides is 2. The minimum absolute atomic E-state index is 0.112. The Hall–Kier alpha value is -3.02. The maximum Gasteiger partial charge on any atom is 0.224 e. The van der Waals surface area contributed by atoms with Gasteiger partial charge >= 0.3 is 0 Å². The van der Waals surface area contributed by atoms with Crippen molar-refractivity contribution in [2.45, 2.75) is 59.8 Å². The Morgan fingerprint density at radius 1 is 0.667 bits per heavy atom. The van der Waals surface area contributed by atoms with E-state index in [1.54, 1.807) is 0 Å². The Bertz CT molecular complexity index is 774. The van der Waals surface area contributed by atoms with Gasteiger partial charge in [0.05, 0.1) is 13.2 Å². The van der Waals surface area contributed by atoms with Crippen molar-refractivity contribution >= 4 is 23.2 Å². The summed E-state index contributed by atoms with van der Waals surface area (Å²) in [6.45, 7) is 10.0. The van der Waals surface area contributed by atoms with E-state index < -0.39 is 0 Å². The third-order valence-electron chi connectivity index (χ3n) is 5.01. The third kappa shape index (κ3) is 11.4. The molecule has 0 aromatic heterocycles. The van der Waals surface area contributed by atoms with Crippen molar-refractivity contribution in [1.29, 1.82) is 0 Å². The zero-order chi connectivity index (χ0) is 24.1. The first-order valence-electron chi connectivity index (χ1n) is 11.9. The summed E-state index contributed by atoms with van der Waals surface area (Å²) in [5.74, 6) is 2.56. The van der Waals surface area contributed by atoms with Gasteiger partial charge in [-0.05, 0) is 79.6 Å². The zero-order valence-electron chi connectivity index (χ0n) is 20.4. The number of anilines is 2. The van der Waals surface area contributed by atoms with Gasteiger partial charge in [0.2, 0.25) is 11.8 Å². The average Bonchev–Trinajstić information content (AvgIpc) is 2.76. The predicted octanol–water partition coefficient (Wildman–Crippen LogP) is 6.28. The largest absolute Gasteiger partial charge is 0.494 e. The lowest BCUT2D eigenvalue weighted by atomic mass is 10.1. The van der Waals surface area contributed by atoms with Gasteiger partial charge in [-0.2, -0.15) is 0 Å². The van der Waals surface area contributed by atoms with Crippen molar-refractivity contribution in [1.82, 2.24) is 0 Å². The van der Waals surface area contributed by atoms with Crippen molar-refractivity contribution in [3.8, 4) is 11.5 Å². The molecule has 2 amide bonds. The molecule has 2 N–H and O–H groups in total. The van der Waals surface area contributed by atoms with Crippen LogP contribution in [-0.2, 0) is 9.59 Å². The molecule has 0 saturated heterocycles. The lowest BCUT2D eigenvalue weighted by Crippen LogP contribution is -2.14. The fourth-order valence-electron chi connectivity index (χ4n) is 2.95. The van der Waals surface area contributed by atoms with Crippen LogP contribution in [0.25, 0.3) is 0 Å². The molecule has 2 aromatic rings. The van der Waals surface area contributed by atoms with Gasteiger partial charge in [-0.25, -0.2) is 0 Å². The second-order valence-corrected chi connectivity index (χ2v) is 9.06. The molecule has 180 valence electrons. The number of ether oxygens (including phenoxy) is 2. The molecular formula is C27H38N2O4. The number of hydrogen-bond donors (Lipinski definition) is 2. The fourth-order valence-corrected chi connectivity index (χ4v) is 2.95. The number of benzene rings is 2. The summed E-state index contributed by atoms with van der Waals surface area (Å²) in [5, 5.41) is 5.71. The van der Waals surface area contributed by atoms with Gasteiger partial charge in [0.1, 0.15) is 11.5 Å². The molecule has 0 unspecified atom stereocenters. The molecule has 0 atom stereocenters. The highest BCUT2D eigenvalue weighted by molar-refractivity contribution is 5.93. The van der Waals surface area contributed by atoms with Crippen LogP contribution in [0.1, 0.15) is 59.8 Å². The van der Waals surface area contributed by atoms with E-state index >= 15 is 0 Å². The summed E-state index contributed by atoms with van der Waals surface area (Å²) < 4.78 is 11.4. The smallest absolute Gasteiger partial charge is 0.224 e. The normalized spacial score (nSPS) is 10.8. The number of carbonyl (C=O) groups is 2. The molecule has 6 heteroatoms. The highest BCUT2D eigenvalue weighted by Crippen LogP contribution is 2.18. The molecule has 2 aromatic carbocycles. The van der Waals surface area contributed by atoms with Crippen molar-refractivity contribution in [2.75, 3.05) is 23.8 Å². The standard InChI is InChI=1S/C27H38N2O4/c1-20(2)16-18-32-24-12-8-22(9-13-24)28-26(30)6-5-7-27(31)29-23-10-14-25(15-11-23)33-19-17-21(3)4/h8-15,20-21H,5-7,16-19H2,1-4H3,(H,28,30)(H,29,31). The predicted molar refractivity (Wildman–Crippen MR) is 134 cm³/mol. The molecule has 2 rings (SSSR count). The lowest BCUT2D eigenvalue weighted by molar-refractivity contribution is -0.117. The van der Waals surface area contributed by atoms with Crippen LogP contribution in [0.5, 0.6) is 11.5 Å². The summed E-state index contributed by atoms with van der Waals surface area (Å²) in [4.78, 5) is 24.3. The summed E-state index contributed by atoms with van der Waals surface area (Å²) in [7, 11) is 0. The van der Waals surface area contributed by atoms with E-state index in [4.69, 9.17) is 9.47 Å². The average molecular weight is 455 g/mol. The summed E-state index contributed by atoms with van der Waals surface area (Å²) in [5.41, 5.74) is 1.44. The highest BCUT2D eigenvalue weighted by Gasteiger charge is 2.07. The van der Waals surface area contributed by atoms with E-state index in [-0.39, 0.29) is 24.7 Å². The van der Waals surface area contributed by atoms with E-state index in [1.807, 2.05) is 48.5 Å². The SMILES string of the molecule is CC(C)CCOc1ccc(NC(=O)CCCC(=O)Nc2ccc(OCCC(C)C)cc2)cc1. The molecule has 33 heavy (non-hydrogen) atoms. The fraction of sp³-hybridized carbons (Fsp3) is 0.481. The maximum atomic E-state index is 12.2. The maximum absolute atomic E-state index is 12.2. The summed E-state index contributed by atoms with van der Waals surface area (Å²) in [6.07, 6.45) is 3.05. The molecule has 0 radical (unpaired) electrons. The summed E-state index contributed by atoms with van der Waals surface area (Å²) in [6, 6.07) is 14.7. The van der Waals surface area contributed by atoms with Crippen molar-refractivity contribution < 1.29 is 19.1 Å². The van der Waals surface area contributed by atoms with Gasteiger partial charge in [0.25, 0.3) is 0 Å². The minimum Gasteiger partial charge on any atom is -0.494 e. The minimum atomic E-state index is -0.112. The van der Waals surface area contributed by atoms with E-state index in [2.05, 4.69) is 38.3 Å². The van der Waals surface area contributed by atoms with Crippen LogP contribution in [-0.4, -0.2) is 25.0 Å². The topological polar surface area (TPSA) is 76.7 Å². The molecular weight excluding hydrogens is 416 g/mol. The van der Waals surface area contributed by atoms with Gasteiger partial charge in [-0.3, -0.25) is 9.59 Å². The Balaban J connectivity index is 1.64. The first kappa shape index (κ1) is 26.2. The van der Waals surface area contributed by atoms with Crippen LogP contribution >= 0.6 is 0 Å². The molecule has 0 fully saturated rings. The van der Waals surface area contributed by atoms with Gasteiger partial charge < -0.3 is 20.1 Å². The molecule has 0 spiro atoms. The number of nitrogens with one attached hydrogen (secondary N) is 2. The second-order valence-electron chi connectivity index (χ2n) is 9.06. The molecule has 0 aliphatic rings. The van der Waals surface area contributed by atoms with Crippen LogP contribution in [0.3, 0.4) is 0 Å². The van der Waals surface area contributed by atoms with Crippen LogP contribution < -0.4 is 20.1 Å². The Morgan fingerprint density at radius 2 is 1.03 bits per heavy atom.